The van der Waals surface area contributed by atoms with Gasteiger partial charge in [0.2, 0.25) is 0 Å². The highest BCUT2D eigenvalue weighted by molar-refractivity contribution is 7.80. The second-order valence-corrected chi connectivity index (χ2v) is 3.14. The Bertz CT molecular complexity index is 317. The molecule has 0 aliphatic heterocycles. The maximum atomic E-state index is 5.55. The van der Waals surface area contributed by atoms with Gasteiger partial charge in [0.1, 0.15) is 4.99 Å². The van der Waals surface area contributed by atoms with Crippen LogP contribution >= 0.6 is 12.2 Å². The van der Waals surface area contributed by atoms with E-state index in [9.17, 15) is 0 Å². The van der Waals surface area contributed by atoms with E-state index in [1.54, 1.807) is 25.6 Å². The van der Waals surface area contributed by atoms with Gasteiger partial charge in [0.05, 0.1) is 18.5 Å². The van der Waals surface area contributed by atoms with Crippen molar-refractivity contribution in [2.45, 2.75) is 0 Å². The summed E-state index contributed by atoms with van der Waals surface area (Å²) in [7, 11) is 1.65. The van der Waals surface area contributed by atoms with Crippen molar-refractivity contribution in [2.24, 2.45) is 5.73 Å². The van der Waals surface area contributed by atoms with Crippen LogP contribution < -0.4 is 11.1 Å². The number of methoxy groups -OCH3 is 1. The molecule has 76 valence electrons. The van der Waals surface area contributed by atoms with E-state index in [2.05, 4.69) is 10.3 Å². The quantitative estimate of drug-likeness (QED) is 0.556. The lowest BCUT2D eigenvalue weighted by Gasteiger charge is -2.09. The summed E-state index contributed by atoms with van der Waals surface area (Å²) < 4.78 is 4.92. The fraction of sp³-hybridized carbons (Fsp3) is 0.333. The Hall–Kier alpha value is -1.20. The molecule has 3 N–H and O–H groups in total. The number of ether oxygens (including phenoxy) is 1. The standard InChI is InChI=1S/C9H13N3OS/c1-13-5-4-12-8-6-11-3-2-7(8)9(10)14/h2-3,6,12H,4-5H2,1H3,(H2,10,14). The van der Waals surface area contributed by atoms with E-state index in [0.29, 0.717) is 18.1 Å². The average molecular weight is 211 g/mol. The highest BCUT2D eigenvalue weighted by atomic mass is 32.1. The van der Waals surface area contributed by atoms with Gasteiger partial charge in [0.15, 0.2) is 0 Å². The maximum Gasteiger partial charge on any atom is 0.106 e. The monoisotopic (exact) mass is 211 g/mol. The molecule has 0 saturated heterocycles. The van der Waals surface area contributed by atoms with Crippen molar-refractivity contribution in [3.8, 4) is 0 Å². The van der Waals surface area contributed by atoms with Crippen LogP contribution in [-0.2, 0) is 4.74 Å². The fourth-order valence-corrected chi connectivity index (χ4v) is 1.22. The molecular weight excluding hydrogens is 198 g/mol. The molecule has 0 saturated carbocycles. The van der Waals surface area contributed by atoms with Crippen molar-refractivity contribution < 1.29 is 4.74 Å². The van der Waals surface area contributed by atoms with Crippen LogP contribution in [-0.4, -0.2) is 30.2 Å². The van der Waals surface area contributed by atoms with Gasteiger partial charge in [-0.1, -0.05) is 12.2 Å². The molecule has 0 amide bonds. The Morgan fingerprint density at radius 1 is 1.71 bits per heavy atom. The van der Waals surface area contributed by atoms with Crippen molar-refractivity contribution >= 4 is 22.9 Å². The number of nitrogens with zero attached hydrogens (tertiary/aromatic N) is 1. The summed E-state index contributed by atoms with van der Waals surface area (Å²) in [4.78, 5) is 4.36. The topological polar surface area (TPSA) is 60.2 Å². The average Bonchev–Trinajstić information content (AvgIpc) is 2.19. The molecule has 0 radical (unpaired) electrons. The minimum absolute atomic E-state index is 0.368. The van der Waals surface area contributed by atoms with E-state index in [1.807, 2.05) is 0 Å². The Balaban J connectivity index is 2.69. The van der Waals surface area contributed by atoms with E-state index in [-0.39, 0.29) is 0 Å². The molecule has 1 heterocycles. The predicted molar refractivity (Wildman–Crippen MR) is 60.5 cm³/mol. The Morgan fingerprint density at radius 3 is 3.14 bits per heavy atom. The van der Waals surface area contributed by atoms with E-state index in [1.165, 1.54) is 0 Å². The summed E-state index contributed by atoms with van der Waals surface area (Å²) in [6, 6.07) is 1.79. The Kier molecular flexibility index (Phi) is 4.28. The zero-order chi connectivity index (χ0) is 10.4. The van der Waals surface area contributed by atoms with Gasteiger partial charge in [-0.3, -0.25) is 4.98 Å². The highest BCUT2D eigenvalue weighted by Gasteiger charge is 2.03. The Morgan fingerprint density at radius 2 is 2.50 bits per heavy atom. The van der Waals surface area contributed by atoms with Crippen molar-refractivity contribution in [2.75, 3.05) is 25.6 Å². The normalized spacial score (nSPS) is 9.79. The lowest BCUT2D eigenvalue weighted by molar-refractivity contribution is 0.211. The van der Waals surface area contributed by atoms with E-state index in [4.69, 9.17) is 22.7 Å². The SMILES string of the molecule is COCCNc1cnccc1C(N)=S. The number of anilines is 1. The molecule has 0 fully saturated rings. The number of rotatable bonds is 5. The van der Waals surface area contributed by atoms with E-state index in [0.717, 1.165) is 11.3 Å². The summed E-state index contributed by atoms with van der Waals surface area (Å²) >= 11 is 4.91. The third kappa shape index (κ3) is 2.93. The molecular formula is C9H13N3OS. The fourth-order valence-electron chi connectivity index (χ4n) is 1.04. The molecule has 1 rings (SSSR count). The van der Waals surface area contributed by atoms with Gasteiger partial charge >= 0.3 is 0 Å². The largest absolute Gasteiger partial charge is 0.389 e. The second kappa shape index (κ2) is 5.51. The van der Waals surface area contributed by atoms with Gasteiger partial charge in [-0.15, -0.1) is 0 Å². The van der Waals surface area contributed by atoms with Gasteiger partial charge in [0, 0.05) is 25.4 Å². The molecule has 0 aliphatic carbocycles. The van der Waals surface area contributed by atoms with Gasteiger partial charge in [0.25, 0.3) is 0 Å². The number of pyridine rings is 1. The lowest BCUT2D eigenvalue weighted by Crippen LogP contribution is -2.15. The number of hydrogen-bond acceptors (Lipinski definition) is 4. The highest BCUT2D eigenvalue weighted by Crippen LogP contribution is 2.12. The predicted octanol–water partition coefficient (Wildman–Crippen LogP) is 0.774. The van der Waals surface area contributed by atoms with Gasteiger partial charge in [-0.25, -0.2) is 0 Å². The third-order valence-electron chi connectivity index (χ3n) is 1.71. The van der Waals surface area contributed by atoms with Crippen LogP contribution in [0.1, 0.15) is 5.56 Å². The van der Waals surface area contributed by atoms with Crippen LogP contribution in [0.15, 0.2) is 18.5 Å². The molecule has 4 nitrogen and oxygen atoms in total. The van der Waals surface area contributed by atoms with E-state index >= 15 is 0 Å². The second-order valence-electron chi connectivity index (χ2n) is 2.71. The minimum Gasteiger partial charge on any atom is -0.389 e. The van der Waals surface area contributed by atoms with Crippen molar-refractivity contribution in [1.82, 2.24) is 4.98 Å². The van der Waals surface area contributed by atoms with Gasteiger partial charge in [-0.05, 0) is 6.07 Å². The van der Waals surface area contributed by atoms with Crippen molar-refractivity contribution in [3.05, 3.63) is 24.0 Å². The number of thiocarbonyl (C=S) groups is 1. The first-order valence-electron chi connectivity index (χ1n) is 4.22. The molecule has 5 heteroatoms. The number of aromatic nitrogens is 1. The first-order chi connectivity index (χ1) is 6.75. The summed E-state index contributed by atoms with van der Waals surface area (Å²) in [6.07, 6.45) is 3.36. The van der Waals surface area contributed by atoms with Crippen LogP contribution in [0, 0.1) is 0 Å². The molecule has 0 bridgehead atoms. The summed E-state index contributed by atoms with van der Waals surface area (Å²) in [5.41, 5.74) is 7.21. The first-order valence-corrected chi connectivity index (χ1v) is 4.63. The summed E-state index contributed by atoms with van der Waals surface area (Å²) in [5, 5.41) is 3.14. The molecule has 0 unspecified atom stereocenters. The van der Waals surface area contributed by atoms with Crippen LogP contribution in [0.2, 0.25) is 0 Å². The summed E-state index contributed by atoms with van der Waals surface area (Å²) in [5.74, 6) is 0. The minimum atomic E-state index is 0.368. The molecule has 0 aliphatic rings. The van der Waals surface area contributed by atoms with Gasteiger partial charge < -0.3 is 15.8 Å². The molecule has 0 spiro atoms. The lowest BCUT2D eigenvalue weighted by atomic mass is 10.2. The van der Waals surface area contributed by atoms with Gasteiger partial charge in [-0.2, -0.15) is 0 Å². The number of nitrogens with one attached hydrogen (secondary N) is 1. The number of hydrogen-bond donors (Lipinski definition) is 2. The zero-order valence-corrected chi connectivity index (χ0v) is 8.80. The molecule has 1 aromatic heterocycles. The van der Waals surface area contributed by atoms with Crippen LogP contribution in [0.25, 0.3) is 0 Å². The van der Waals surface area contributed by atoms with Crippen LogP contribution in [0.4, 0.5) is 5.69 Å². The maximum absolute atomic E-state index is 5.55. The number of nitrogens with two attached hydrogens (primary N) is 1. The Labute approximate surface area is 88.5 Å². The van der Waals surface area contributed by atoms with E-state index < -0.39 is 0 Å². The van der Waals surface area contributed by atoms with Crippen molar-refractivity contribution in [1.29, 1.82) is 0 Å². The molecule has 14 heavy (non-hydrogen) atoms. The van der Waals surface area contributed by atoms with Crippen molar-refractivity contribution in [3.63, 3.8) is 0 Å². The molecule has 1 aromatic rings. The summed E-state index contributed by atoms with van der Waals surface area (Å²) in [6.45, 7) is 1.34. The molecule has 0 atom stereocenters. The first kappa shape index (κ1) is 10.9. The van der Waals surface area contributed by atoms with Crippen LogP contribution in [0.5, 0.6) is 0 Å². The molecule has 0 aromatic carbocycles. The smallest absolute Gasteiger partial charge is 0.106 e. The third-order valence-corrected chi connectivity index (χ3v) is 1.93. The van der Waals surface area contributed by atoms with Crippen LogP contribution in [0.3, 0.4) is 0 Å². The zero-order valence-electron chi connectivity index (χ0n) is 7.99.